The van der Waals surface area contributed by atoms with Crippen molar-refractivity contribution in [3.63, 3.8) is 0 Å². The number of hydrogen-bond acceptors (Lipinski definition) is 8. The highest BCUT2D eigenvalue weighted by Crippen LogP contribution is 2.40. The quantitative estimate of drug-likeness (QED) is 0.453. The van der Waals surface area contributed by atoms with Gasteiger partial charge in [-0.25, -0.2) is 0 Å². The zero-order valence-electron chi connectivity index (χ0n) is 11.3. The second kappa shape index (κ2) is 4.53. The first kappa shape index (κ1) is 14.0. The van der Waals surface area contributed by atoms with Crippen molar-refractivity contribution in [1.29, 1.82) is 0 Å². The minimum Gasteiger partial charge on any atom is -0.394 e. The van der Waals surface area contributed by atoms with E-state index in [1.54, 1.807) is 12.3 Å². The Bertz CT molecular complexity index is 686. The van der Waals surface area contributed by atoms with Gasteiger partial charge in [-0.2, -0.15) is 9.97 Å². The van der Waals surface area contributed by atoms with E-state index in [1.807, 2.05) is 0 Å². The molecule has 1 fully saturated rings. The van der Waals surface area contributed by atoms with E-state index in [-0.39, 0.29) is 11.8 Å². The van der Waals surface area contributed by atoms with E-state index >= 15 is 0 Å². The number of aliphatic hydroxyl groups is 3. The Labute approximate surface area is 119 Å². The average molecular weight is 295 g/mol. The smallest absolute Gasteiger partial charge is 0.223 e. The monoisotopic (exact) mass is 295 g/mol. The van der Waals surface area contributed by atoms with Crippen molar-refractivity contribution in [2.75, 3.05) is 18.1 Å². The van der Waals surface area contributed by atoms with Gasteiger partial charge in [0.25, 0.3) is 0 Å². The lowest BCUT2D eigenvalue weighted by molar-refractivity contribution is -0.0948. The van der Waals surface area contributed by atoms with Crippen LogP contribution in [-0.2, 0) is 4.74 Å². The molecule has 3 rings (SSSR count). The first-order valence-electron chi connectivity index (χ1n) is 6.42. The SMILES string of the molecule is C[C@@]1(O)C(O)[C@@H](CO)O[C@H]1n1ccc2c(N)nc(N)nc21. The van der Waals surface area contributed by atoms with Gasteiger partial charge in [-0.3, -0.25) is 0 Å². The molecule has 1 aliphatic rings. The molecule has 0 saturated carbocycles. The number of nitrogen functional groups attached to an aromatic ring is 2. The van der Waals surface area contributed by atoms with Crippen LogP contribution in [0.5, 0.6) is 0 Å². The summed E-state index contributed by atoms with van der Waals surface area (Å²) >= 11 is 0. The van der Waals surface area contributed by atoms with Crippen molar-refractivity contribution in [3.8, 4) is 0 Å². The molecule has 0 radical (unpaired) electrons. The van der Waals surface area contributed by atoms with Gasteiger partial charge in [0.05, 0.1) is 12.0 Å². The van der Waals surface area contributed by atoms with Crippen LogP contribution in [0.1, 0.15) is 13.2 Å². The summed E-state index contributed by atoms with van der Waals surface area (Å²) in [6, 6.07) is 1.67. The van der Waals surface area contributed by atoms with Crippen LogP contribution in [0.25, 0.3) is 11.0 Å². The fraction of sp³-hybridized carbons (Fsp3) is 0.500. The Kier molecular flexibility index (Phi) is 3.02. The van der Waals surface area contributed by atoms with Gasteiger partial charge in [0.2, 0.25) is 5.95 Å². The van der Waals surface area contributed by atoms with Crippen molar-refractivity contribution < 1.29 is 20.1 Å². The normalized spacial score (nSPS) is 32.9. The van der Waals surface area contributed by atoms with Crippen molar-refractivity contribution in [2.45, 2.75) is 31.0 Å². The number of anilines is 2. The van der Waals surface area contributed by atoms with Gasteiger partial charge in [-0.05, 0) is 13.0 Å². The Morgan fingerprint density at radius 2 is 2.14 bits per heavy atom. The number of ether oxygens (including phenoxy) is 1. The third-order valence-electron chi connectivity index (χ3n) is 3.81. The van der Waals surface area contributed by atoms with Crippen LogP contribution >= 0.6 is 0 Å². The average Bonchev–Trinajstić information content (AvgIpc) is 2.91. The minimum atomic E-state index is -1.60. The number of fused-ring (bicyclic) bond motifs is 1. The lowest BCUT2D eigenvalue weighted by Gasteiger charge is -2.27. The number of nitrogens with two attached hydrogens (primary N) is 2. The number of rotatable bonds is 2. The Morgan fingerprint density at radius 1 is 1.43 bits per heavy atom. The van der Waals surface area contributed by atoms with E-state index < -0.39 is 30.6 Å². The van der Waals surface area contributed by atoms with E-state index in [0.717, 1.165) is 0 Å². The maximum absolute atomic E-state index is 10.5. The molecule has 0 bridgehead atoms. The Hall–Kier alpha value is -1.94. The molecular formula is C12H17N5O4. The third-order valence-corrected chi connectivity index (χ3v) is 3.81. The summed E-state index contributed by atoms with van der Waals surface area (Å²) in [4.78, 5) is 7.96. The van der Waals surface area contributed by atoms with E-state index in [9.17, 15) is 15.3 Å². The van der Waals surface area contributed by atoms with Gasteiger partial charge in [-0.1, -0.05) is 0 Å². The summed E-state index contributed by atoms with van der Waals surface area (Å²) in [6.45, 7) is 1.02. The van der Waals surface area contributed by atoms with E-state index in [4.69, 9.17) is 16.2 Å². The van der Waals surface area contributed by atoms with Crippen LogP contribution in [0.15, 0.2) is 12.3 Å². The molecule has 7 N–H and O–H groups in total. The molecule has 0 amide bonds. The summed E-state index contributed by atoms with van der Waals surface area (Å²) in [5.74, 6) is 0.213. The molecule has 21 heavy (non-hydrogen) atoms. The van der Waals surface area contributed by atoms with Gasteiger partial charge in [-0.15, -0.1) is 0 Å². The first-order chi connectivity index (χ1) is 9.86. The van der Waals surface area contributed by atoms with Crippen molar-refractivity contribution in [2.24, 2.45) is 0 Å². The van der Waals surface area contributed by atoms with E-state index in [2.05, 4.69) is 9.97 Å². The first-order valence-corrected chi connectivity index (χ1v) is 6.42. The molecule has 3 heterocycles. The standard InChI is InChI=1S/C12H17N5O4/c1-12(20)7(19)6(4-18)21-10(12)17-3-2-5-8(13)15-11(14)16-9(5)17/h2-3,6-7,10,18-20H,4H2,1H3,(H4,13,14,15,16)/t6-,7?,10-,12-/m1/s1. The number of aliphatic hydroxyl groups excluding tert-OH is 2. The Morgan fingerprint density at radius 3 is 2.76 bits per heavy atom. The highest BCUT2D eigenvalue weighted by atomic mass is 16.6. The van der Waals surface area contributed by atoms with Gasteiger partial charge in [0, 0.05) is 6.20 Å². The van der Waals surface area contributed by atoms with Gasteiger partial charge >= 0.3 is 0 Å². The maximum Gasteiger partial charge on any atom is 0.223 e. The highest BCUT2D eigenvalue weighted by molar-refractivity contribution is 5.87. The molecule has 0 aliphatic carbocycles. The second-order valence-electron chi connectivity index (χ2n) is 5.31. The summed E-state index contributed by atoms with van der Waals surface area (Å²) in [6.07, 6.45) is -1.45. The van der Waals surface area contributed by atoms with Crippen LogP contribution < -0.4 is 11.5 Å². The molecule has 114 valence electrons. The predicted molar refractivity (Wildman–Crippen MR) is 74.0 cm³/mol. The predicted octanol–water partition coefficient (Wildman–Crippen LogP) is -1.40. The molecule has 0 spiro atoms. The van der Waals surface area contributed by atoms with Gasteiger partial charge < -0.3 is 36.1 Å². The van der Waals surface area contributed by atoms with Crippen LogP contribution in [0.4, 0.5) is 11.8 Å². The minimum absolute atomic E-state index is 0.00292. The summed E-state index contributed by atoms with van der Waals surface area (Å²) in [5, 5.41) is 30.3. The zero-order chi connectivity index (χ0) is 15.4. The van der Waals surface area contributed by atoms with Crippen molar-refractivity contribution in [3.05, 3.63) is 12.3 Å². The summed E-state index contributed by atoms with van der Waals surface area (Å²) in [7, 11) is 0. The van der Waals surface area contributed by atoms with Gasteiger partial charge in [0.1, 0.15) is 29.3 Å². The zero-order valence-corrected chi connectivity index (χ0v) is 11.3. The van der Waals surface area contributed by atoms with Crippen LogP contribution in [0, 0.1) is 0 Å². The molecule has 2 aromatic rings. The molecule has 0 aromatic carbocycles. The topological polar surface area (TPSA) is 153 Å². The number of nitrogens with zero attached hydrogens (tertiary/aromatic N) is 3. The Balaban J connectivity index is 2.13. The fourth-order valence-electron chi connectivity index (χ4n) is 2.65. The lowest BCUT2D eigenvalue weighted by atomic mass is 9.96. The molecule has 9 nitrogen and oxygen atoms in total. The van der Waals surface area contributed by atoms with E-state index in [1.165, 1.54) is 11.5 Å². The van der Waals surface area contributed by atoms with Crippen molar-refractivity contribution >= 4 is 22.8 Å². The largest absolute Gasteiger partial charge is 0.394 e. The number of aromatic nitrogens is 3. The van der Waals surface area contributed by atoms with Gasteiger partial charge in [0.15, 0.2) is 6.23 Å². The molecule has 1 unspecified atom stereocenters. The summed E-state index contributed by atoms with van der Waals surface area (Å²) < 4.78 is 7.06. The highest BCUT2D eigenvalue weighted by Gasteiger charge is 2.53. The van der Waals surface area contributed by atoms with E-state index in [0.29, 0.717) is 11.0 Å². The maximum atomic E-state index is 10.5. The molecular weight excluding hydrogens is 278 g/mol. The lowest BCUT2D eigenvalue weighted by Crippen LogP contribution is -2.44. The van der Waals surface area contributed by atoms with Crippen molar-refractivity contribution in [1.82, 2.24) is 14.5 Å². The third kappa shape index (κ3) is 1.94. The molecule has 9 heteroatoms. The fourth-order valence-corrected chi connectivity index (χ4v) is 2.65. The second-order valence-corrected chi connectivity index (χ2v) is 5.31. The molecule has 4 atom stereocenters. The number of hydrogen-bond donors (Lipinski definition) is 5. The molecule has 2 aromatic heterocycles. The van der Waals surface area contributed by atoms with Crippen LogP contribution in [0.2, 0.25) is 0 Å². The summed E-state index contributed by atoms with van der Waals surface area (Å²) in [5.41, 5.74) is 10.2. The van der Waals surface area contributed by atoms with Crippen LogP contribution in [-0.4, -0.2) is 54.3 Å². The molecule has 1 saturated heterocycles. The molecule has 1 aliphatic heterocycles. The van der Waals surface area contributed by atoms with Crippen LogP contribution in [0.3, 0.4) is 0 Å².